The molecular weight excluding hydrogens is 397 g/mol. The topological polar surface area (TPSA) is 75.3 Å². The van der Waals surface area contributed by atoms with Gasteiger partial charge < -0.3 is 10.6 Å². The van der Waals surface area contributed by atoms with E-state index in [9.17, 15) is 27.6 Å². The van der Waals surface area contributed by atoms with Gasteiger partial charge in [-0.25, -0.2) is 0 Å². The van der Waals surface area contributed by atoms with Gasteiger partial charge in [-0.05, 0) is 23.6 Å². The second-order valence-corrected chi connectivity index (χ2v) is 8.16. The van der Waals surface area contributed by atoms with E-state index in [0.717, 1.165) is 18.2 Å². The maximum atomic E-state index is 12.9. The first-order valence-corrected chi connectivity index (χ1v) is 8.98. The average molecular weight is 415 g/mol. The van der Waals surface area contributed by atoms with E-state index < -0.39 is 40.8 Å². The van der Waals surface area contributed by atoms with Gasteiger partial charge in [0.15, 0.2) is 0 Å². The molecule has 0 bridgehead atoms. The lowest BCUT2D eigenvalue weighted by atomic mass is 9.69. The molecule has 0 spiro atoms. The summed E-state index contributed by atoms with van der Waals surface area (Å²) in [6, 6.07) is 2.57. The number of rotatable bonds is 2. The van der Waals surface area contributed by atoms with Crippen LogP contribution in [0.3, 0.4) is 0 Å². The van der Waals surface area contributed by atoms with E-state index in [2.05, 4.69) is 10.6 Å². The van der Waals surface area contributed by atoms with Crippen molar-refractivity contribution in [1.29, 1.82) is 0 Å². The third-order valence-electron chi connectivity index (χ3n) is 4.84. The summed E-state index contributed by atoms with van der Waals surface area (Å²) in [5.41, 5.74) is -1.28. The summed E-state index contributed by atoms with van der Waals surface area (Å²) in [6.07, 6.45) is -2.88. The Balaban J connectivity index is 1.90. The quantitative estimate of drug-likeness (QED) is 0.769. The summed E-state index contributed by atoms with van der Waals surface area (Å²) in [5, 5.41) is 4.92. The van der Waals surface area contributed by atoms with Crippen LogP contribution in [-0.2, 0) is 20.6 Å². The number of carbonyl (C=O) groups excluding carboxylic acids is 3. The van der Waals surface area contributed by atoms with Crippen molar-refractivity contribution in [2.24, 2.45) is 17.3 Å². The fourth-order valence-corrected chi connectivity index (χ4v) is 3.81. The highest BCUT2D eigenvalue weighted by atomic mass is 35.5. The molecule has 0 radical (unpaired) electrons. The first-order chi connectivity index (χ1) is 12.9. The first kappa shape index (κ1) is 20.4. The summed E-state index contributed by atoms with van der Waals surface area (Å²) in [6.45, 7) is 3.68. The van der Waals surface area contributed by atoms with Gasteiger partial charge in [-0.1, -0.05) is 31.5 Å². The van der Waals surface area contributed by atoms with Gasteiger partial charge in [0.05, 0.1) is 28.1 Å². The van der Waals surface area contributed by atoms with E-state index in [1.165, 1.54) is 0 Å². The summed E-state index contributed by atoms with van der Waals surface area (Å²) < 4.78 is 38.8. The van der Waals surface area contributed by atoms with Crippen LogP contribution in [0.4, 0.5) is 18.9 Å². The van der Waals surface area contributed by atoms with Gasteiger partial charge in [-0.2, -0.15) is 13.2 Å². The number of nitrogens with one attached hydrogen (secondary N) is 2. The molecule has 1 aliphatic carbocycles. The number of alkyl halides is 3. The third kappa shape index (κ3) is 4.06. The number of fused-ring (bicyclic) bond motifs is 1. The fourth-order valence-electron chi connectivity index (χ4n) is 3.65. The highest BCUT2D eigenvalue weighted by Gasteiger charge is 2.46. The van der Waals surface area contributed by atoms with Gasteiger partial charge in [0.1, 0.15) is 5.78 Å². The number of hydrogen-bond acceptors (Lipinski definition) is 3. The molecule has 0 saturated carbocycles. The largest absolute Gasteiger partial charge is 0.416 e. The van der Waals surface area contributed by atoms with E-state index in [1.54, 1.807) is 6.08 Å². The molecule has 1 aliphatic heterocycles. The van der Waals surface area contributed by atoms with Crippen molar-refractivity contribution < 1.29 is 27.6 Å². The Bertz CT molecular complexity index is 893. The minimum Gasteiger partial charge on any atom is -0.329 e. The highest BCUT2D eigenvalue weighted by molar-refractivity contribution is 6.33. The molecule has 1 aromatic carbocycles. The molecule has 2 aliphatic rings. The minimum absolute atomic E-state index is 0.0755. The van der Waals surface area contributed by atoms with Crippen LogP contribution < -0.4 is 10.6 Å². The Hall–Kier alpha value is -2.35. The number of halogens is 4. The SMILES string of the molecule is CC1(C)C=C2NC(=O)C[C@@H](C(=O)Nc3cc(C(F)(F)F)ccc3Cl)[C@H]2C(=O)C1. The zero-order valence-electron chi connectivity index (χ0n) is 15.1. The Morgan fingerprint density at radius 2 is 1.96 bits per heavy atom. The number of ketones is 1. The lowest BCUT2D eigenvalue weighted by molar-refractivity contribution is -0.137. The molecule has 2 amide bonds. The van der Waals surface area contributed by atoms with Crippen LogP contribution in [0.25, 0.3) is 0 Å². The lowest BCUT2D eigenvalue weighted by Crippen LogP contribution is -2.49. The molecule has 1 aromatic rings. The Labute approximate surface area is 164 Å². The number of piperidine rings is 1. The molecule has 1 fully saturated rings. The predicted molar refractivity (Wildman–Crippen MR) is 96.3 cm³/mol. The maximum Gasteiger partial charge on any atom is 0.416 e. The summed E-state index contributed by atoms with van der Waals surface area (Å²) in [7, 11) is 0. The maximum absolute atomic E-state index is 12.9. The van der Waals surface area contributed by atoms with Crippen LogP contribution in [0.1, 0.15) is 32.3 Å². The monoisotopic (exact) mass is 414 g/mol. The molecule has 9 heteroatoms. The van der Waals surface area contributed by atoms with Crippen LogP contribution in [-0.4, -0.2) is 17.6 Å². The molecule has 0 aromatic heterocycles. The van der Waals surface area contributed by atoms with E-state index >= 15 is 0 Å². The van der Waals surface area contributed by atoms with Crippen molar-refractivity contribution in [1.82, 2.24) is 5.32 Å². The number of anilines is 1. The highest BCUT2D eigenvalue weighted by Crippen LogP contribution is 2.40. The lowest BCUT2D eigenvalue weighted by Gasteiger charge is -2.38. The molecule has 5 nitrogen and oxygen atoms in total. The number of allylic oxidation sites excluding steroid dienone is 2. The number of Topliss-reactive ketones (excluding diaryl/α,β-unsaturated/α-hetero) is 1. The van der Waals surface area contributed by atoms with Gasteiger partial charge in [0.2, 0.25) is 11.8 Å². The summed E-state index contributed by atoms with van der Waals surface area (Å²) in [5.74, 6) is -3.20. The first-order valence-electron chi connectivity index (χ1n) is 8.60. The minimum atomic E-state index is -4.60. The van der Waals surface area contributed by atoms with Crippen LogP contribution in [0.2, 0.25) is 5.02 Å². The molecule has 150 valence electrons. The molecule has 2 atom stereocenters. The van der Waals surface area contributed by atoms with Crippen molar-refractivity contribution in [3.05, 3.63) is 40.6 Å². The molecule has 28 heavy (non-hydrogen) atoms. The van der Waals surface area contributed by atoms with Crippen molar-refractivity contribution in [2.75, 3.05) is 5.32 Å². The van der Waals surface area contributed by atoms with Gasteiger partial charge >= 0.3 is 6.18 Å². The second kappa shape index (κ2) is 6.92. The van der Waals surface area contributed by atoms with Gasteiger partial charge in [-0.15, -0.1) is 0 Å². The zero-order valence-corrected chi connectivity index (χ0v) is 15.9. The predicted octanol–water partition coefficient (Wildman–Crippen LogP) is 3.93. The normalized spacial score (nSPS) is 24.1. The summed E-state index contributed by atoms with van der Waals surface area (Å²) in [4.78, 5) is 37.4. The fraction of sp³-hybridized carbons (Fsp3) is 0.421. The summed E-state index contributed by atoms with van der Waals surface area (Å²) >= 11 is 5.92. The number of benzene rings is 1. The van der Waals surface area contributed by atoms with Gasteiger partial charge in [0.25, 0.3) is 0 Å². The number of amides is 2. The molecule has 1 saturated heterocycles. The van der Waals surface area contributed by atoms with Crippen molar-refractivity contribution in [3.8, 4) is 0 Å². The number of hydrogen-bond donors (Lipinski definition) is 2. The van der Waals surface area contributed by atoms with Crippen molar-refractivity contribution in [3.63, 3.8) is 0 Å². The van der Waals surface area contributed by atoms with Crippen molar-refractivity contribution >= 4 is 34.9 Å². The number of carbonyl (C=O) groups is 3. The van der Waals surface area contributed by atoms with Gasteiger partial charge in [-0.3, -0.25) is 14.4 Å². The Morgan fingerprint density at radius 3 is 2.61 bits per heavy atom. The molecule has 0 unspecified atom stereocenters. The molecule has 2 N–H and O–H groups in total. The van der Waals surface area contributed by atoms with E-state index in [0.29, 0.717) is 5.70 Å². The smallest absolute Gasteiger partial charge is 0.329 e. The molecular formula is C19H18ClF3N2O3. The van der Waals surface area contributed by atoms with Crippen LogP contribution in [0, 0.1) is 17.3 Å². The van der Waals surface area contributed by atoms with Crippen LogP contribution in [0.15, 0.2) is 30.0 Å². The third-order valence-corrected chi connectivity index (χ3v) is 5.17. The van der Waals surface area contributed by atoms with Crippen LogP contribution >= 0.6 is 11.6 Å². The average Bonchev–Trinajstić information content (AvgIpc) is 2.53. The zero-order chi connectivity index (χ0) is 20.9. The Morgan fingerprint density at radius 1 is 1.29 bits per heavy atom. The van der Waals surface area contributed by atoms with Crippen LogP contribution in [0.5, 0.6) is 0 Å². The van der Waals surface area contributed by atoms with E-state index in [-0.39, 0.29) is 29.3 Å². The van der Waals surface area contributed by atoms with Crippen molar-refractivity contribution in [2.45, 2.75) is 32.9 Å². The second-order valence-electron chi connectivity index (χ2n) is 7.75. The van der Waals surface area contributed by atoms with Gasteiger partial charge in [0, 0.05) is 18.5 Å². The molecule has 1 heterocycles. The Kier molecular flexibility index (Phi) is 5.04. The standard InChI is InChI=1S/C19H18ClF3N2O3/c1-18(2)7-13-16(14(26)8-18)10(6-15(27)24-13)17(28)25-12-5-9(19(21,22)23)3-4-11(12)20/h3-5,7,10,16H,6,8H2,1-2H3,(H,24,27)(H,25,28)/t10-,16-/m1/s1. The van der Waals surface area contributed by atoms with E-state index in [4.69, 9.17) is 11.6 Å². The van der Waals surface area contributed by atoms with E-state index in [1.807, 2.05) is 13.8 Å². The molecule has 3 rings (SSSR count).